The molecular weight excluding hydrogens is 132 g/mol. The van der Waals surface area contributed by atoms with Gasteiger partial charge in [-0.15, -0.1) is 0 Å². The Balaban J connectivity index is 4.95. The van der Waals surface area contributed by atoms with E-state index in [4.69, 9.17) is 0 Å². The fourth-order valence-corrected chi connectivity index (χ4v) is 0.898. The molecule has 0 aromatic rings. The molecule has 0 rings (SSSR count). The largest absolute Gasteiger partial charge is 0.0988 e. The number of allylic oxidation sites excluding steroid dienone is 6. The highest BCUT2D eigenvalue weighted by molar-refractivity contribution is 5.43. The van der Waals surface area contributed by atoms with Gasteiger partial charge in [0.2, 0.25) is 0 Å². The molecule has 0 saturated heterocycles. The van der Waals surface area contributed by atoms with Crippen molar-refractivity contribution in [2.24, 2.45) is 0 Å². The fourth-order valence-electron chi connectivity index (χ4n) is 0.898. The molecule has 11 heavy (non-hydrogen) atoms. The summed E-state index contributed by atoms with van der Waals surface area (Å²) in [5.74, 6) is 0. The van der Waals surface area contributed by atoms with E-state index >= 15 is 0 Å². The lowest BCUT2D eigenvalue weighted by atomic mass is 10.0. The van der Waals surface area contributed by atoms with Crippen LogP contribution in [0.3, 0.4) is 0 Å². The van der Waals surface area contributed by atoms with Crippen molar-refractivity contribution in [3.05, 3.63) is 48.1 Å². The minimum absolute atomic E-state index is 1.18. The summed E-state index contributed by atoms with van der Waals surface area (Å²) in [6, 6.07) is 0. The Kier molecular flexibility index (Phi) is 4.28. The van der Waals surface area contributed by atoms with Gasteiger partial charge in [0.25, 0.3) is 0 Å². The van der Waals surface area contributed by atoms with E-state index in [2.05, 4.69) is 26.2 Å². The van der Waals surface area contributed by atoms with Crippen molar-refractivity contribution in [3.8, 4) is 0 Å². The fraction of sp³-hybridized carbons (Fsp3) is 0.273. The SMILES string of the molecule is C=C/C(C)=C(C=C)/C(C)=C\C. The van der Waals surface area contributed by atoms with Gasteiger partial charge in [-0.1, -0.05) is 31.4 Å². The second-order valence-electron chi connectivity index (χ2n) is 2.48. The first kappa shape index (κ1) is 9.96. The molecule has 0 amide bonds. The summed E-state index contributed by atoms with van der Waals surface area (Å²) in [5, 5.41) is 0. The molecule has 0 radical (unpaired) electrons. The normalized spacial score (nSPS) is 13.9. The third kappa shape index (κ3) is 2.58. The first-order chi connectivity index (χ1) is 5.17. The van der Waals surface area contributed by atoms with Gasteiger partial charge < -0.3 is 0 Å². The molecule has 0 fully saturated rings. The molecule has 0 N–H and O–H groups in total. The zero-order valence-corrected chi connectivity index (χ0v) is 7.65. The van der Waals surface area contributed by atoms with Crippen molar-refractivity contribution in [2.75, 3.05) is 0 Å². The summed E-state index contributed by atoms with van der Waals surface area (Å²) < 4.78 is 0. The summed E-state index contributed by atoms with van der Waals surface area (Å²) in [5.41, 5.74) is 3.61. The van der Waals surface area contributed by atoms with E-state index < -0.39 is 0 Å². The maximum Gasteiger partial charge on any atom is -0.0207 e. The molecule has 0 aliphatic carbocycles. The Bertz CT molecular complexity index is 214. The van der Waals surface area contributed by atoms with E-state index in [0.717, 1.165) is 0 Å². The van der Waals surface area contributed by atoms with Gasteiger partial charge in [-0.05, 0) is 37.5 Å². The molecule has 0 saturated carbocycles. The molecule has 0 aliphatic heterocycles. The van der Waals surface area contributed by atoms with Crippen LogP contribution in [0.2, 0.25) is 0 Å². The predicted octanol–water partition coefficient (Wildman–Crippen LogP) is 3.64. The smallest absolute Gasteiger partial charge is 0.0207 e. The predicted molar refractivity (Wildman–Crippen MR) is 52.5 cm³/mol. The van der Waals surface area contributed by atoms with Crippen LogP contribution in [0.5, 0.6) is 0 Å². The standard InChI is InChI=1S/C11H16/c1-6-9(4)11(8-3)10(5)7-2/h6-8H,1,3H2,2,4-5H3/b10-7-,11-9+. The van der Waals surface area contributed by atoms with Crippen molar-refractivity contribution in [3.63, 3.8) is 0 Å². The maximum atomic E-state index is 3.75. The van der Waals surface area contributed by atoms with Gasteiger partial charge in [-0.3, -0.25) is 0 Å². The molecule has 0 aromatic carbocycles. The molecule has 0 atom stereocenters. The molecule has 0 unspecified atom stereocenters. The Morgan fingerprint density at radius 2 is 1.64 bits per heavy atom. The second kappa shape index (κ2) is 4.73. The molecule has 0 bridgehead atoms. The highest BCUT2D eigenvalue weighted by Crippen LogP contribution is 2.15. The maximum absolute atomic E-state index is 3.75. The molecule has 0 spiro atoms. The van der Waals surface area contributed by atoms with Gasteiger partial charge in [0.05, 0.1) is 0 Å². The quantitative estimate of drug-likeness (QED) is 0.536. The van der Waals surface area contributed by atoms with Crippen molar-refractivity contribution >= 4 is 0 Å². The lowest BCUT2D eigenvalue weighted by molar-refractivity contribution is 1.33. The summed E-state index contributed by atoms with van der Waals surface area (Å²) in [6.07, 6.45) is 5.79. The Hall–Kier alpha value is -1.04. The van der Waals surface area contributed by atoms with E-state index in [-0.39, 0.29) is 0 Å². The van der Waals surface area contributed by atoms with E-state index in [9.17, 15) is 0 Å². The Morgan fingerprint density at radius 1 is 1.09 bits per heavy atom. The monoisotopic (exact) mass is 148 g/mol. The molecule has 0 aliphatic rings. The highest BCUT2D eigenvalue weighted by Gasteiger charge is 1.95. The zero-order chi connectivity index (χ0) is 8.85. The van der Waals surface area contributed by atoms with Gasteiger partial charge in [-0.2, -0.15) is 0 Å². The minimum atomic E-state index is 1.18. The second-order valence-corrected chi connectivity index (χ2v) is 2.48. The third-order valence-electron chi connectivity index (χ3n) is 1.79. The molecule has 0 heteroatoms. The summed E-state index contributed by atoms with van der Waals surface area (Å²) in [6.45, 7) is 13.6. The average molecular weight is 148 g/mol. The van der Waals surface area contributed by atoms with Crippen LogP contribution >= 0.6 is 0 Å². The van der Waals surface area contributed by atoms with Crippen LogP contribution in [0.25, 0.3) is 0 Å². The number of hydrogen-bond acceptors (Lipinski definition) is 0. The van der Waals surface area contributed by atoms with Gasteiger partial charge in [0, 0.05) is 0 Å². The van der Waals surface area contributed by atoms with Crippen molar-refractivity contribution in [1.29, 1.82) is 0 Å². The molecular formula is C11H16. The molecule has 0 aromatic heterocycles. The first-order valence-electron chi connectivity index (χ1n) is 3.76. The van der Waals surface area contributed by atoms with Gasteiger partial charge in [0.1, 0.15) is 0 Å². The van der Waals surface area contributed by atoms with Crippen molar-refractivity contribution in [1.82, 2.24) is 0 Å². The van der Waals surface area contributed by atoms with Crippen LogP contribution in [0.4, 0.5) is 0 Å². The summed E-state index contributed by atoms with van der Waals surface area (Å²) in [4.78, 5) is 0. The highest BCUT2D eigenvalue weighted by atomic mass is 14.0. The molecule has 60 valence electrons. The molecule has 0 nitrogen and oxygen atoms in total. The summed E-state index contributed by atoms with van der Waals surface area (Å²) >= 11 is 0. The Labute approximate surface area is 69.6 Å². The average Bonchev–Trinajstić information content (AvgIpc) is 2.05. The molecule has 0 heterocycles. The van der Waals surface area contributed by atoms with Gasteiger partial charge in [0.15, 0.2) is 0 Å². The van der Waals surface area contributed by atoms with Crippen LogP contribution < -0.4 is 0 Å². The van der Waals surface area contributed by atoms with E-state index in [1.807, 2.05) is 26.0 Å². The topological polar surface area (TPSA) is 0 Å². The lowest BCUT2D eigenvalue weighted by Gasteiger charge is -2.03. The van der Waals surface area contributed by atoms with Crippen LogP contribution in [-0.2, 0) is 0 Å². The van der Waals surface area contributed by atoms with E-state index in [1.54, 1.807) is 0 Å². The van der Waals surface area contributed by atoms with E-state index in [0.29, 0.717) is 0 Å². The Morgan fingerprint density at radius 3 is 1.91 bits per heavy atom. The van der Waals surface area contributed by atoms with Crippen LogP contribution in [0, 0.1) is 0 Å². The van der Waals surface area contributed by atoms with E-state index in [1.165, 1.54) is 16.7 Å². The summed E-state index contributed by atoms with van der Waals surface area (Å²) in [7, 11) is 0. The van der Waals surface area contributed by atoms with Crippen LogP contribution in [-0.4, -0.2) is 0 Å². The van der Waals surface area contributed by atoms with Gasteiger partial charge >= 0.3 is 0 Å². The van der Waals surface area contributed by atoms with Crippen LogP contribution in [0.15, 0.2) is 48.1 Å². The third-order valence-corrected chi connectivity index (χ3v) is 1.79. The first-order valence-corrected chi connectivity index (χ1v) is 3.76. The lowest BCUT2D eigenvalue weighted by Crippen LogP contribution is -1.84. The van der Waals surface area contributed by atoms with Crippen molar-refractivity contribution < 1.29 is 0 Å². The number of hydrogen-bond donors (Lipinski definition) is 0. The number of rotatable bonds is 3. The van der Waals surface area contributed by atoms with Gasteiger partial charge in [-0.25, -0.2) is 0 Å². The minimum Gasteiger partial charge on any atom is -0.0988 e. The van der Waals surface area contributed by atoms with Crippen LogP contribution in [0.1, 0.15) is 20.8 Å². The van der Waals surface area contributed by atoms with Crippen molar-refractivity contribution in [2.45, 2.75) is 20.8 Å². The zero-order valence-electron chi connectivity index (χ0n) is 7.65.